The molecule has 1 heterocycles. The minimum absolute atomic E-state index is 0.00348. The Bertz CT molecular complexity index is 493. The van der Waals surface area contributed by atoms with Crippen molar-refractivity contribution in [3.05, 3.63) is 0 Å². The summed E-state index contributed by atoms with van der Waals surface area (Å²) in [4.78, 5) is 25.0. The van der Waals surface area contributed by atoms with E-state index in [9.17, 15) is 18.0 Å². The van der Waals surface area contributed by atoms with Gasteiger partial charge in [0.15, 0.2) is 9.84 Å². The second-order valence-corrected chi connectivity index (χ2v) is 8.11. The molecule has 2 fully saturated rings. The summed E-state index contributed by atoms with van der Waals surface area (Å²) in [7, 11) is -3.02. The van der Waals surface area contributed by atoms with Crippen LogP contribution in [-0.2, 0) is 19.4 Å². The van der Waals surface area contributed by atoms with Crippen molar-refractivity contribution < 1.29 is 23.1 Å². The molecule has 1 amide bonds. The van der Waals surface area contributed by atoms with Crippen molar-refractivity contribution >= 4 is 21.7 Å². The van der Waals surface area contributed by atoms with E-state index in [4.69, 9.17) is 5.11 Å². The first kappa shape index (κ1) is 15.3. The van der Waals surface area contributed by atoms with Gasteiger partial charge < -0.3 is 10.0 Å². The van der Waals surface area contributed by atoms with Crippen LogP contribution < -0.4 is 0 Å². The number of nitrogens with zero attached hydrogens (tertiary/aromatic N) is 1. The normalized spacial score (nSPS) is 33.6. The molecule has 1 aliphatic carbocycles. The van der Waals surface area contributed by atoms with Gasteiger partial charge in [0.2, 0.25) is 5.91 Å². The van der Waals surface area contributed by atoms with Gasteiger partial charge in [-0.05, 0) is 32.6 Å². The molecule has 0 aromatic rings. The molecule has 1 aliphatic heterocycles. The molecule has 1 N–H and O–H groups in total. The molecule has 6 nitrogen and oxygen atoms in total. The Kier molecular flexibility index (Phi) is 4.36. The van der Waals surface area contributed by atoms with Crippen LogP contribution in [-0.4, -0.2) is 54.4 Å². The van der Waals surface area contributed by atoms with Gasteiger partial charge in [0.1, 0.15) is 0 Å². The smallest absolute Gasteiger partial charge is 0.306 e. The lowest BCUT2D eigenvalue weighted by Crippen LogP contribution is -2.52. The van der Waals surface area contributed by atoms with E-state index in [1.54, 1.807) is 11.8 Å². The number of sulfone groups is 1. The lowest BCUT2D eigenvalue weighted by molar-refractivity contribution is -0.146. The molecule has 2 rings (SSSR count). The van der Waals surface area contributed by atoms with E-state index in [0.29, 0.717) is 25.7 Å². The molecule has 1 saturated carbocycles. The molecule has 1 unspecified atom stereocenters. The maximum atomic E-state index is 12.4. The third kappa shape index (κ3) is 3.31. The van der Waals surface area contributed by atoms with Gasteiger partial charge in [-0.25, -0.2) is 8.42 Å². The third-order valence-corrected chi connectivity index (χ3v) is 6.17. The Morgan fingerprint density at radius 3 is 2.15 bits per heavy atom. The van der Waals surface area contributed by atoms with Crippen molar-refractivity contribution in [2.45, 2.75) is 38.6 Å². The zero-order chi connectivity index (χ0) is 14.9. The van der Waals surface area contributed by atoms with Crippen molar-refractivity contribution in [2.24, 2.45) is 11.8 Å². The molecule has 20 heavy (non-hydrogen) atoms. The average Bonchev–Trinajstić information content (AvgIpc) is 2.37. The molecule has 0 bridgehead atoms. The molecule has 0 spiro atoms. The quantitative estimate of drug-likeness (QED) is 0.803. The van der Waals surface area contributed by atoms with Crippen LogP contribution in [0.4, 0.5) is 0 Å². The summed E-state index contributed by atoms with van der Waals surface area (Å²) in [6.07, 6.45) is 2.25. The van der Waals surface area contributed by atoms with Gasteiger partial charge in [0.25, 0.3) is 0 Å². The van der Waals surface area contributed by atoms with Gasteiger partial charge in [-0.2, -0.15) is 0 Å². The summed E-state index contributed by atoms with van der Waals surface area (Å²) in [6, 6.07) is -0.279. The molecule has 0 aromatic heterocycles. The highest BCUT2D eigenvalue weighted by Gasteiger charge is 2.36. The Balaban J connectivity index is 1.94. The highest BCUT2D eigenvalue weighted by Crippen LogP contribution is 2.31. The first-order chi connectivity index (χ1) is 9.30. The van der Waals surface area contributed by atoms with Crippen molar-refractivity contribution in [2.75, 3.05) is 18.1 Å². The van der Waals surface area contributed by atoms with Crippen LogP contribution in [0.1, 0.15) is 32.6 Å². The SMILES string of the molecule is CC1CS(=O)(=O)CCN1C(=O)C1CCC(C(=O)O)CC1. The van der Waals surface area contributed by atoms with Crippen LogP contribution >= 0.6 is 0 Å². The second kappa shape index (κ2) is 5.71. The molecule has 114 valence electrons. The molecule has 1 atom stereocenters. The number of rotatable bonds is 2. The molecular formula is C13H21NO5S. The van der Waals surface area contributed by atoms with E-state index in [1.807, 2.05) is 0 Å². The van der Waals surface area contributed by atoms with E-state index in [0.717, 1.165) is 0 Å². The number of carboxylic acid groups (broad SMARTS) is 1. The predicted octanol–water partition coefficient (Wildman–Crippen LogP) is 0.523. The zero-order valence-electron chi connectivity index (χ0n) is 11.6. The van der Waals surface area contributed by atoms with E-state index in [-0.39, 0.29) is 41.8 Å². The Morgan fingerprint density at radius 2 is 1.65 bits per heavy atom. The number of carboxylic acids is 1. The number of carbonyl (C=O) groups excluding carboxylic acids is 1. The van der Waals surface area contributed by atoms with Gasteiger partial charge in [-0.15, -0.1) is 0 Å². The monoisotopic (exact) mass is 303 g/mol. The molecular weight excluding hydrogens is 282 g/mol. The summed E-state index contributed by atoms with van der Waals surface area (Å²) in [6.45, 7) is 2.03. The van der Waals surface area contributed by atoms with Crippen molar-refractivity contribution in [1.82, 2.24) is 4.90 Å². The summed E-state index contributed by atoms with van der Waals surface area (Å²) in [5.41, 5.74) is 0. The number of carbonyl (C=O) groups is 2. The summed E-state index contributed by atoms with van der Waals surface area (Å²) < 4.78 is 23.0. The Hall–Kier alpha value is -1.11. The standard InChI is InChI=1S/C13H21NO5S/c1-9-8-20(18,19)7-6-14(9)12(15)10-2-4-11(5-3-10)13(16)17/h9-11H,2-8H2,1H3,(H,16,17). The zero-order valence-corrected chi connectivity index (χ0v) is 12.4. The van der Waals surface area contributed by atoms with Gasteiger partial charge >= 0.3 is 5.97 Å². The average molecular weight is 303 g/mol. The van der Waals surface area contributed by atoms with E-state index in [2.05, 4.69) is 0 Å². The lowest BCUT2D eigenvalue weighted by atomic mass is 9.81. The maximum Gasteiger partial charge on any atom is 0.306 e. The highest BCUT2D eigenvalue weighted by molar-refractivity contribution is 7.91. The summed E-state index contributed by atoms with van der Waals surface area (Å²) in [5.74, 6) is -1.20. The number of amides is 1. The first-order valence-electron chi connectivity index (χ1n) is 7.04. The maximum absolute atomic E-state index is 12.4. The van der Waals surface area contributed by atoms with E-state index in [1.165, 1.54) is 0 Å². The number of aliphatic carboxylic acids is 1. The summed E-state index contributed by atoms with van der Waals surface area (Å²) >= 11 is 0. The summed E-state index contributed by atoms with van der Waals surface area (Å²) in [5, 5.41) is 8.95. The second-order valence-electron chi connectivity index (χ2n) is 5.88. The fraction of sp³-hybridized carbons (Fsp3) is 0.846. The Morgan fingerprint density at radius 1 is 1.10 bits per heavy atom. The van der Waals surface area contributed by atoms with E-state index < -0.39 is 15.8 Å². The first-order valence-corrected chi connectivity index (χ1v) is 8.86. The van der Waals surface area contributed by atoms with Crippen LogP contribution in [0, 0.1) is 11.8 Å². The molecule has 1 saturated heterocycles. The van der Waals surface area contributed by atoms with Crippen molar-refractivity contribution in [1.29, 1.82) is 0 Å². The van der Waals surface area contributed by atoms with Crippen LogP contribution in [0.5, 0.6) is 0 Å². The predicted molar refractivity (Wildman–Crippen MR) is 72.9 cm³/mol. The van der Waals surface area contributed by atoms with Gasteiger partial charge in [-0.1, -0.05) is 0 Å². The van der Waals surface area contributed by atoms with Crippen LogP contribution in [0.15, 0.2) is 0 Å². The van der Waals surface area contributed by atoms with Gasteiger partial charge in [-0.3, -0.25) is 9.59 Å². The molecule has 2 aliphatic rings. The van der Waals surface area contributed by atoms with Crippen molar-refractivity contribution in [3.63, 3.8) is 0 Å². The van der Waals surface area contributed by atoms with Crippen molar-refractivity contribution in [3.8, 4) is 0 Å². The molecule has 7 heteroatoms. The molecule has 0 aromatic carbocycles. The van der Waals surface area contributed by atoms with Gasteiger partial charge in [0.05, 0.1) is 17.4 Å². The number of hydrogen-bond donors (Lipinski definition) is 1. The van der Waals surface area contributed by atoms with Gasteiger partial charge in [0, 0.05) is 18.5 Å². The minimum atomic E-state index is -3.02. The fourth-order valence-electron chi connectivity index (χ4n) is 3.15. The topological polar surface area (TPSA) is 91.8 Å². The fourth-order valence-corrected chi connectivity index (χ4v) is 4.70. The largest absolute Gasteiger partial charge is 0.481 e. The van der Waals surface area contributed by atoms with Crippen LogP contribution in [0.3, 0.4) is 0 Å². The lowest BCUT2D eigenvalue weighted by Gasteiger charge is -2.37. The van der Waals surface area contributed by atoms with E-state index >= 15 is 0 Å². The van der Waals surface area contributed by atoms with Crippen LogP contribution in [0.2, 0.25) is 0 Å². The Labute approximate surface area is 119 Å². The molecule has 0 radical (unpaired) electrons. The number of hydrogen-bond acceptors (Lipinski definition) is 4. The van der Waals surface area contributed by atoms with Crippen LogP contribution in [0.25, 0.3) is 0 Å². The minimum Gasteiger partial charge on any atom is -0.481 e. The highest BCUT2D eigenvalue weighted by atomic mass is 32.2. The third-order valence-electron chi connectivity index (χ3n) is 4.38.